The van der Waals surface area contributed by atoms with E-state index in [1.54, 1.807) is 44.2 Å². The van der Waals surface area contributed by atoms with Gasteiger partial charge in [-0.05, 0) is 31.6 Å². The highest BCUT2D eigenvalue weighted by atomic mass is 32.1. The highest BCUT2D eigenvalue weighted by Gasteiger charge is 2.31. The van der Waals surface area contributed by atoms with Crippen LogP contribution in [0.3, 0.4) is 0 Å². The van der Waals surface area contributed by atoms with Gasteiger partial charge in [-0.3, -0.25) is 9.36 Å². The molecule has 0 amide bonds. The molecule has 0 saturated heterocycles. The van der Waals surface area contributed by atoms with Crippen LogP contribution in [0.2, 0.25) is 0 Å². The molecule has 3 aromatic rings. The monoisotopic (exact) mass is 420 g/mol. The molecule has 0 spiro atoms. The first kappa shape index (κ1) is 19.8. The fraction of sp³-hybridized carbons (Fsp3) is 0.174. The Morgan fingerprint density at radius 3 is 2.60 bits per heavy atom. The lowest BCUT2D eigenvalue weighted by Gasteiger charge is -2.22. The summed E-state index contributed by atoms with van der Waals surface area (Å²) >= 11 is 1.23. The molecule has 0 radical (unpaired) electrons. The van der Waals surface area contributed by atoms with Crippen LogP contribution in [0.1, 0.15) is 31.0 Å². The topological polar surface area (TPSA) is 80.9 Å². The molecule has 1 N–H and O–H groups in total. The van der Waals surface area contributed by atoms with Crippen LogP contribution in [-0.2, 0) is 9.53 Å². The van der Waals surface area contributed by atoms with E-state index in [9.17, 15) is 14.7 Å². The number of allylic oxidation sites excluding steroid dienone is 1. The summed E-state index contributed by atoms with van der Waals surface area (Å²) in [7, 11) is 0. The standard InChI is InChI=1S/C23H20N2O4S/c1-3-29-22(28)19-14(2)25-21(27)18(13-16-11-7-8-12-17(16)26)30-23(25)24-20(19)15-9-5-4-6-10-15/h4-13,20,26H,3H2,1-2H3/b18-13-/t20-/m1/s1. The molecular formula is C23H20N2O4S. The number of para-hydroxylation sites is 1. The largest absolute Gasteiger partial charge is 0.507 e. The summed E-state index contributed by atoms with van der Waals surface area (Å²) in [5, 5.41) is 10.1. The summed E-state index contributed by atoms with van der Waals surface area (Å²) < 4.78 is 7.14. The van der Waals surface area contributed by atoms with E-state index in [0.29, 0.717) is 26.2 Å². The maximum atomic E-state index is 13.1. The Hall–Kier alpha value is -3.45. The fourth-order valence-corrected chi connectivity index (χ4v) is 4.48. The average molecular weight is 420 g/mol. The van der Waals surface area contributed by atoms with Crippen LogP contribution in [-0.4, -0.2) is 22.2 Å². The highest BCUT2D eigenvalue weighted by Crippen LogP contribution is 2.32. The zero-order chi connectivity index (χ0) is 21.3. The maximum absolute atomic E-state index is 13.1. The molecular weight excluding hydrogens is 400 g/mol. The molecule has 1 aliphatic heterocycles. The van der Waals surface area contributed by atoms with E-state index in [4.69, 9.17) is 9.73 Å². The Bertz CT molecular complexity index is 1320. The fourth-order valence-electron chi connectivity index (χ4n) is 3.44. The smallest absolute Gasteiger partial charge is 0.338 e. The van der Waals surface area contributed by atoms with Gasteiger partial charge >= 0.3 is 5.97 Å². The first-order valence-corrected chi connectivity index (χ1v) is 10.4. The number of ether oxygens (including phenoxy) is 1. The Morgan fingerprint density at radius 2 is 1.90 bits per heavy atom. The number of aromatic hydroxyl groups is 1. The number of esters is 1. The molecule has 2 aromatic carbocycles. The summed E-state index contributed by atoms with van der Waals surface area (Å²) in [4.78, 5) is 31.1. The minimum absolute atomic E-state index is 0.0897. The van der Waals surface area contributed by atoms with E-state index in [1.807, 2.05) is 30.3 Å². The zero-order valence-electron chi connectivity index (χ0n) is 16.5. The molecule has 2 heterocycles. The second-order valence-corrected chi connectivity index (χ2v) is 7.76. The van der Waals surface area contributed by atoms with E-state index in [0.717, 1.165) is 5.56 Å². The van der Waals surface area contributed by atoms with Gasteiger partial charge in [0.2, 0.25) is 0 Å². The molecule has 30 heavy (non-hydrogen) atoms. The molecule has 0 bridgehead atoms. The van der Waals surface area contributed by atoms with Gasteiger partial charge in [-0.25, -0.2) is 9.79 Å². The Balaban J connectivity index is 1.97. The second-order valence-electron chi connectivity index (χ2n) is 6.75. The van der Waals surface area contributed by atoms with Crippen molar-refractivity contribution < 1.29 is 14.6 Å². The molecule has 4 rings (SSSR count). The lowest BCUT2D eigenvalue weighted by molar-refractivity contribution is -0.138. The summed E-state index contributed by atoms with van der Waals surface area (Å²) in [6.07, 6.45) is 1.64. The van der Waals surface area contributed by atoms with Crippen molar-refractivity contribution in [3.8, 4) is 5.75 Å². The number of phenolic OH excluding ortho intramolecular Hbond substituents is 1. The molecule has 0 aliphatic carbocycles. The minimum Gasteiger partial charge on any atom is -0.507 e. The van der Waals surface area contributed by atoms with Crippen LogP contribution in [0, 0.1) is 0 Å². The van der Waals surface area contributed by atoms with Gasteiger partial charge in [0.25, 0.3) is 5.56 Å². The van der Waals surface area contributed by atoms with Gasteiger partial charge in [0.05, 0.1) is 16.7 Å². The number of carbonyl (C=O) groups is 1. The van der Waals surface area contributed by atoms with Gasteiger partial charge in [0.15, 0.2) is 4.80 Å². The maximum Gasteiger partial charge on any atom is 0.338 e. The first-order chi connectivity index (χ1) is 14.5. The van der Waals surface area contributed by atoms with Crippen molar-refractivity contribution >= 4 is 29.1 Å². The van der Waals surface area contributed by atoms with Gasteiger partial charge in [0, 0.05) is 11.3 Å². The predicted octanol–water partition coefficient (Wildman–Crippen LogP) is 2.61. The van der Waals surface area contributed by atoms with Crippen LogP contribution in [0.15, 0.2) is 70.0 Å². The summed E-state index contributed by atoms with van der Waals surface area (Å²) in [5.74, 6) is -0.394. The van der Waals surface area contributed by atoms with Crippen LogP contribution < -0.4 is 14.9 Å². The molecule has 1 atom stereocenters. The van der Waals surface area contributed by atoms with Gasteiger partial charge in [-0.1, -0.05) is 59.9 Å². The number of hydrogen-bond donors (Lipinski definition) is 1. The number of carbonyl (C=O) groups excluding carboxylic acids is 1. The van der Waals surface area contributed by atoms with Crippen LogP contribution >= 0.6 is 11.3 Å². The lowest BCUT2D eigenvalue weighted by Crippen LogP contribution is -2.35. The van der Waals surface area contributed by atoms with E-state index >= 15 is 0 Å². The molecule has 152 valence electrons. The minimum atomic E-state index is -0.554. The third kappa shape index (κ3) is 3.48. The average Bonchev–Trinajstić information content (AvgIpc) is 3.06. The van der Waals surface area contributed by atoms with Crippen molar-refractivity contribution in [2.24, 2.45) is 4.99 Å². The number of thiazole rings is 1. The zero-order valence-corrected chi connectivity index (χ0v) is 17.3. The van der Waals surface area contributed by atoms with Gasteiger partial charge < -0.3 is 9.84 Å². The number of benzene rings is 2. The number of phenols is 1. The van der Waals surface area contributed by atoms with Crippen LogP contribution in [0.4, 0.5) is 0 Å². The Labute approximate surface area is 176 Å². The van der Waals surface area contributed by atoms with Gasteiger partial charge in [-0.2, -0.15) is 0 Å². The first-order valence-electron chi connectivity index (χ1n) is 9.54. The molecule has 0 saturated carbocycles. The van der Waals surface area contributed by atoms with Crippen molar-refractivity contribution in [3.63, 3.8) is 0 Å². The molecule has 1 aliphatic rings. The summed E-state index contributed by atoms with van der Waals surface area (Å²) in [5.41, 5.74) is 1.96. The van der Waals surface area contributed by atoms with Crippen molar-refractivity contribution in [1.82, 2.24) is 4.57 Å². The summed E-state index contributed by atoms with van der Waals surface area (Å²) in [6, 6.07) is 15.7. The van der Waals surface area contributed by atoms with E-state index in [2.05, 4.69) is 0 Å². The second kappa shape index (κ2) is 8.12. The van der Waals surface area contributed by atoms with E-state index < -0.39 is 12.0 Å². The number of hydrogen-bond acceptors (Lipinski definition) is 6. The SMILES string of the molecule is CCOC(=O)C1=C(C)n2c(s/c(=C\c3ccccc3O)c2=O)=N[C@@H]1c1ccccc1. The van der Waals surface area contributed by atoms with E-state index in [1.165, 1.54) is 15.9 Å². The normalized spacial score (nSPS) is 16.2. The molecule has 6 nitrogen and oxygen atoms in total. The van der Waals surface area contributed by atoms with Gasteiger partial charge in [-0.15, -0.1) is 0 Å². The number of fused-ring (bicyclic) bond motifs is 1. The molecule has 0 fully saturated rings. The van der Waals surface area contributed by atoms with Crippen molar-refractivity contribution in [2.45, 2.75) is 19.9 Å². The third-order valence-corrected chi connectivity index (χ3v) is 5.86. The third-order valence-electron chi connectivity index (χ3n) is 4.88. The van der Waals surface area contributed by atoms with Crippen molar-refractivity contribution in [3.05, 3.63) is 91.0 Å². The van der Waals surface area contributed by atoms with Crippen LogP contribution in [0.5, 0.6) is 5.75 Å². The van der Waals surface area contributed by atoms with E-state index in [-0.39, 0.29) is 17.9 Å². The number of aromatic nitrogens is 1. The van der Waals surface area contributed by atoms with Gasteiger partial charge in [0.1, 0.15) is 11.8 Å². The molecule has 1 aromatic heterocycles. The molecule has 0 unspecified atom stereocenters. The quantitative estimate of drug-likeness (QED) is 0.658. The number of rotatable bonds is 4. The number of nitrogens with zero attached hydrogens (tertiary/aromatic N) is 2. The predicted molar refractivity (Wildman–Crippen MR) is 116 cm³/mol. The lowest BCUT2D eigenvalue weighted by atomic mass is 9.97. The van der Waals surface area contributed by atoms with Crippen LogP contribution in [0.25, 0.3) is 11.8 Å². The Kier molecular flexibility index (Phi) is 5.37. The van der Waals surface area contributed by atoms with Crippen molar-refractivity contribution in [2.75, 3.05) is 6.61 Å². The summed E-state index contributed by atoms with van der Waals surface area (Å²) in [6.45, 7) is 3.71. The highest BCUT2D eigenvalue weighted by molar-refractivity contribution is 7.07. The van der Waals surface area contributed by atoms with Crippen molar-refractivity contribution in [1.29, 1.82) is 0 Å². The Morgan fingerprint density at radius 1 is 1.20 bits per heavy atom. The molecule has 7 heteroatoms.